The lowest BCUT2D eigenvalue weighted by Crippen LogP contribution is -2.27. The van der Waals surface area contributed by atoms with Crippen LogP contribution in [0.3, 0.4) is 0 Å². The minimum absolute atomic E-state index is 0.169. The quantitative estimate of drug-likeness (QED) is 0.530. The van der Waals surface area contributed by atoms with Crippen LogP contribution < -0.4 is 10.1 Å². The maximum absolute atomic E-state index is 12.4. The Morgan fingerprint density at radius 1 is 1.36 bits per heavy atom. The van der Waals surface area contributed by atoms with Gasteiger partial charge in [-0.25, -0.2) is 4.98 Å². The van der Waals surface area contributed by atoms with E-state index in [1.54, 1.807) is 29.8 Å². The molecule has 142 valence electrons. The van der Waals surface area contributed by atoms with Gasteiger partial charge in [-0.15, -0.1) is 11.3 Å². The van der Waals surface area contributed by atoms with Crippen molar-refractivity contribution < 1.29 is 14.1 Å². The second-order valence-electron chi connectivity index (χ2n) is 6.31. The van der Waals surface area contributed by atoms with E-state index in [0.29, 0.717) is 5.76 Å². The number of hydrogen-bond acceptors (Lipinski definition) is 7. The molecule has 1 amide bonds. The lowest BCUT2D eigenvalue weighted by molar-refractivity contribution is 0.0929. The van der Waals surface area contributed by atoms with Crippen molar-refractivity contribution in [3.63, 3.8) is 0 Å². The van der Waals surface area contributed by atoms with E-state index in [1.807, 2.05) is 43.5 Å². The van der Waals surface area contributed by atoms with Crippen LogP contribution in [-0.4, -0.2) is 21.0 Å². The number of fused-ring (bicyclic) bond motifs is 1. The Morgan fingerprint density at radius 3 is 3.07 bits per heavy atom. The highest BCUT2D eigenvalue weighted by Gasteiger charge is 2.17. The lowest BCUT2D eigenvalue weighted by Gasteiger charge is -2.09. The number of hydrogen-bond donors (Lipinski definition) is 1. The van der Waals surface area contributed by atoms with Crippen LogP contribution in [0.25, 0.3) is 10.8 Å². The van der Waals surface area contributed by atoms with Gasteiger partial charge in [-0.3, -0.25) is 9.78 Å². The van der Waals surface area contributed by atoms with E-state index in [0.717, 1.165) is 27.2 Å². The highest BCUT2D eigenvalue weighted by molar-refractivity contribution is 7.09. The summed E-state index contributed by atoms with van der Waals surface area (Å²) < 4.78 is 11.1. The Kier molecular flexibility index (Phi) is 5.03. The number of benzene rings is 1. The van der Waals surface area contributed by atoms with Crippen LogP contribution in [-0.2, 0) is 6.61 Å². The van der Waals surface area contributed by atoms with E-state index >= 15 is 0 Å². The smallest absolute Gasteiger partial charge is 0.274 e. The molecular formula is C20H18N4O3S. The van der Waals surface area contributed by atoms with E-state index in [2.05, 4.69) is 20.4 Å². The van der Waals surface area contributed by atoms with Crippen molar-refractivity contribution >= 4 is 28.0 Å². The number of aryl methyl sites for hydroxylation is 1. The van der Waals surface area contributed by atoms with Crippen molar-refractivity contribution in [2.24, 2.45) is 0 Å². The van der Waals surface area contributed by atoms with E-state index in [-0.39, 0.29) is 24.2 Å². The predicted octanol–water partition coefficient (Wildman–Crippen LogP) is 4.06. The van der Waals surface area contributed by atoms with Gasteiger partial charge in [0.05, 0.1) is 16.7 Å². The van der Waals surface area contributed by atoms with Crippen LogP contribution in [0.2, 0.25) is 0 Å². The molecule has 3 aromatic heterocycles. The third kappa shape index (κ3) is 3.86. The molecule has 0 saturated carbocycles. The van der Waals surface area contributed by atoms with Crippen LogP contribution >= 0.6 is 11.3 Å². The molecule has 1 aromatic carbocycles. The summed E-state index contributed by atoms with van der Waals surface area (Å²) in [6.45, 7) is 3.98. The first-order valence-corrected chi connectivity index (χ1v) is 9.62. The summed E-state index contributed by atoms with van der Waals surface area (Å²) in [4.78, 5) is 20.9. The Labute approximate surface area is 165 Å². The zero-order chi connectivity index (χ0) is 19.5. The normalized spacial score (nSPS) is 12.1. The summed E-state index contributed by atoms with van der Waals surface area (Å²) in [5.41, 5.74) is 1.04. The van der Waals surface area contributed by atoms with E-state index in [4.69, 9.17) is 9.26 Å². The zero-order valence-electron chi connectivity index (χ0n) is 15.4. The van der Waals surface area contributed by atoms with Gasteiger partial charge in [0, 0.05) is 34.6 Å². The van der Waals surface area contributed by atoms with Gasteiger partial charge < -0.3 is 14.6 Å². The van der Waals surface area contributed by atoms with Gasteiger partial charge in [0.2, 0.25) is 0 Å². The second-order valence-corrected chi connectivity index (χ2v) is 7.37. The number of nitrogens with zero attached hydrogens (tertiary/aromatic N) is 3. The van der Waals surface area contributed by atoms with Gasteiger partial charge in [0.1, 0.15) is 12.4 Å². The summed E-state index contributed by atoms with van der Waals surface area (Å²) in [7, 11) is 0. The summed E-state index contributed by atoms with van der Waals surface area (Å²) >= 11 is 1.55. The third-order valence-electron chi connectivity index (χ3n) is 4.23. The largest absolute Gasteiger partial charge is 0.485 e. The Hall–Kier alpha value is -3.26. The number of carbonyl (C=O) groups excluding carboxylic acids is 1. The van der Waals surface area contributed by atoms with Gasteiger partial charge in [-0.05, 0) is 26.0 Å². The van der Waals surface area contributed by atoms with Crippen LogP contribution in [0.4, 0.5) is 0 Å². The lowest BCUT2D eigenvalue weighted by atomic mass is 10.1. The molecule has 0 bridgehead atoms. The number of rotatable bonds is 6. The third-order valence-corrected chi connectivity index (χ3v) is 5.02. The van der Waals surface area contributed by atoms with E-state index < -0.39 is 0 Å². The maximum atomic E-state index is 12.4. The predicted molar refractivity (Wildman–Crippen MR) is 105 cm³/mol. The first-order chi connectivity index (χ1) is 13.6. The average Bonchev–Trinajstić information content (AvgIpc) is 3.35. The van der Waals surface area contributed by atoms with Gasteiger partial charge in [-0.2, -0.15) is 0 Å². The maximum Gasteiger partial charge on any atom is 0.274 e. The summed E-state index contributed by atoms with van der Waals surface area (Å²) in [6, 6.07) is 9.02. The summed E-state index contributed by atoms with van der Waals surface area (Å²) in [5, 5.41) is 11.6. The molecule has 0 radical (unpaired) electrons. The second kappa shape index (κ2) is 7.77. The van der Waals surface area contributed by atoms with Gasteiger partial charge in [0.15, 0.2) is 11.5 Å². The standard InChI is InChI=1S/C20H18N4O3S/c1-12(18-11-28-13(2)23-18)22-20(25)17-8-15(27-24-17)10-26-19-5-3-4-14-9-21-7-6-16(14)19/h3-9,11-12H,10H2,1-2H3,(H,22,25)/t12-/m1/s1. The Balaban J connectivity index is 1.40. The summed E-state index contributed by atoms with van der Waals surface area (Å²) in [6.07, 6.45) is 3.50. The van der Waals surface area contributed by atoms with Crippen LogP contribution in [0.5, 0.6) is 5.75 Å². The molecular weight excluding hydrogens is 376 g/mol. The first-order valence-electron chi connectivity index (χ1n) is 8.74. The first kappa shape index (κ1) is 18.1. The van der Waals surface area contributed by atoms with Crippen molar-refractivity contribution in [1.82, 2.24) is 20.4 Å². The molecule has 0 spiro atoms. The molecule has 4 aromatic rings. The fourth-order valence-electron chi connectivity index (χ4n) is 2.78. The van der Waals surface area contributed by atoms with E-state index in [1.165, 1.54) is 0 Å². The number of aromatic nitrogens is 3. The minimum Gasteiger partial charge on any atom is -0.485 e. The van der Waals surface area contributed by atoms with Gasteiger partial charge in [-0.1, -0.05) is 17.3 Å². The molecule has 0 aliphatic rings. The SMILES string of the molecule is Cc1nc([C@@H](C)NC(=O)c2cc(COc3cccc4cnccc34)on2)cs1. The molecule has 28 heavy (non-hydrogen) atoms. The van der Waals surface area contributed by atoms with E-state index in [9.17, 15) is 4.79 Å². The van der Waals surface area contributed by atoms with Gasteiger partial charge in [0.25, 0.3) is 5.91 Å². The molecule has 1 atom stereocenters. The fourth-order valence-corrected chi connectivity index (χ4v) is 3.49. The Morgan fingerprint density at radius 2 is 2.25 bits per heavy atom. The van der Waals surface area contributed by atoms with Gasteiger partial charge >= 0.3 is 0 Å². The number of amides is 1. The topological polar surface area (TPSA) is 90.1 Å². The molecule has 0 fully saturated rings. The van der Waals surface area contributed by atoms with Crippen LogP contribution in [0.1, 0.15) is 39.9 Å². The van der Waals surface area contributed by atoms with Crippen molar-refractivity contribution in [3.05, 3.63) is 70.3 Å². The molecule has 4 rings (SSSR count). The number of nitrogens with one attached hydrogen (secondary N) is 1. The number of pyridine rings is 1. The van der Waals surface area contributed by atoms with Crippen molar-refractivity contribution in [2.45, 2.75) is 26.5 Å². The highest BCUT2D eigenvalue weighted by atomic mass is 32.1. The number of thiazole rings is 1. The number of ether oxygens (including phenoxy) is 1. The molecule has 0 aliphatic carbocycles. The molecule has 0 saturated heterocycles. The molecule has 0 unspecified atom stereocenters. The minimum atomic E-state index is -0.315. The summed E-state index contributed by atoms with van der Waals surface area (Å²) in [5.74, 6) is 0.868. The van der Waals surface area contributed by atoms with Crippen LogP contribution in [0.15, 0.2) is 52.6 Å². The Bertz CT molecular complexity index is 1120. The molecule has 8 heteroatoms. The fraction of sp³-hybridized carbons (Fsp3) is 0.200. The van der Waals surface area contributed by atoms with Crippen LogP contribution in [0, 0.1) is 6.92 Å². The molecule has 7 nitrogen and oxygen atoms in total. The average molecular weight is 394 g/mol. The van der Waals surface area contributed by atoms with Crippen molar-refractivity contribution in [3.8, 4) is 5.75 Å². The highest BCUT2D eigenvalue weighted by Crippen LogP contribution is 2.25. The molecule has 0 aliphatic heterocycles. The van der Waals surface area contributed by atoms with Crippen molar-refractivity contribution in [2.75, 3.05) is 0 Å². The molecule has 3 heterocycles. The molecule has 1 N–H and O–H groups in total. The zero-order valence-corrected chi connectivity index (χ0v) is 16.2. The number of carbonyl (C=O) groups is 1. The monoisotopic (exact) mass is 394 g/mol. The van der Waals surface area contributed by atoms with Crippen molar-refractivity contribution in [1.29, 1.82) is 0 Å².